The number of nitrogens with one attached hydrogen (secondary N) is 1. The van der Waals surface area contributed by atoms with Crippen molar-refractivity contribution in [3.05, 3.63) is 0 Å². The van der Waals surface area contributed by atoms with Crippen molar-refractivity contribution in [1.29, 1.82) is 0 Å². The van der Waals surface area contributed by atoms with E-state index in [0.717, 1.165) is 0 Å². The van der Waals surface area contributed by atoms with E-state index in [1.54, 1.807) is 0 Å². The summed E-state index contributed by atoms with van der Waals surface area (Å²) in [5, 5.41) is 2.25. The lowest BCUT2D eigenvalue weighted by Crippen LogP contribution is -2.37. The second kappa shape index (κ2) is 7.70. The lowest BCUT2D eigenvalue weighted by Gasteiger charge is -2.17. The van der Waals surface area contributed by atoms with E-state index in [9.17, 15) is 18.4 Å². The maximum atomic E-state index is 11.9. The highest BCUT2D eigenvalue weighted by Gasteiger charge is 2.21. The van der Waals surface area contributed by atoms with Gasteiger partial charge in [-0.1, -0.05) is 29.8 Å². The quantitative estimate of drug-likeness (QED) is 0.731. The van der Waals surface area contributed by atoms with Crippen molar-refractivity contribution in [1.82, 2.24) is 5.32 Å². The predicted octanol–water partition coefficient (Wildman–Crippen LogP) is 1.99. The van der Waals surface area contributed by atoms with E-state index in [1.165, 1.54) is 0 Å². The van der Waals surface area contributed by atoms with Gasteiger partial charge in [-0.3, -0.25) is 9.59 Å². The monoisotopic (exact) mass is 299 g/mol. The number of ketones is 1. The summed E-state index contributed by atoms with van der Waals surface area (Å²) >= 11 is 3.03. The Morgan fingerprint density at radius 1 is 1.31 bits per heavy atom. The van der Waals surface area contributed by atoms with Crippen molar-refractivity contribution >= 4 is 27.6 Å². The average molecular weight is 300 g/mol. The summed E-state index contributed by atoms with van der Waals surface area (Å²) in [5.41, 5.74) is 0. The van der Waals surface area contributed by atoms with Crippen LogP contribution in [0, 0.1) is 11.8 Å². The van der Waals surface area contributed by atoms with Gasteiger partial charge < -0.3 is 5.32 Å². The van der Waals surface area contributed by atoms with Crippen molar-refractivity contribution in [3.8, 4) is 0 Å². The zero-order valence-electron chi connectivity index (χ0n) is 9.30. The summed E-state index contributed by atoms with van der Waals surface area (Å²) in [5.74, 6) is -1.53. The molecule has 0 saturated heterocycles. The molecule has 1 atom stereocenters. The average Bonchev–Trinajstić information content (AvgIpc) is 2.21. The molecular formula is C10H16BrF2NO2. The molecule has 6 heteroatoms. The van der Waals surface area contributed by atoms with Gasteiger partial charge in [0.15, 0.2) is 0 Å². The molecule has 0 aliphatic rings. The molecule has 0 fully saturated rings. The first-order chi connectivity index (χ1) is 7.38. The molecule has 0 rings (SSSR count). The minimum absolute atomic E-state index is 0.0220. The Morgan fingerprint density at radius 2 is 1.88 bits per heavy atom. The van der Waals surface area contributed by atoms with E-state index < -0.39 is 18.3 Å². The van der Waals surface area contributed by atoms with Crippen LogP contribution in [0.4, 0.5) is 8.78 Å². The lowest BCUT2D eigenvalue weighted by atomic mass is 9.94. The Hall–Kier alpha value is -0.520. The summed E-state index contributed by atoms with van der Waals surface area (Å²) in [6.45, 7) is 3.85. The Labute approximate surface area is 102 Å². The lowest BCUT2D eigenvalue weighted by molar-refractivity contribution is -0.132. The molecule has 3 nitrogen and oxygen atoms in total. The number of hydrogen-bond donors (Lipinski definition) is 1. The molecule has 0 heterocycles. The summed E-state index contributed by atoms with van der Waals surface area (Å²) in [7, 11) is 0. The maximum Gasteiger partial charge on any atom is 0.315 e. The summed E-state index contributed by atoms with van der Waals surface area (Å²) in [6, 6.07) is 0. The molecule has 94 valence electrons. The smallest absolute Gasteiger partial charge is 0.315 e. The highest BCUT2D eigenvalue weighted by molar-refractivity contribution is 9.09. The first-order valence-electron chi connectivity index (χ1n) is 5.03. The molecule has 0 aliphatic heterocycles. The number of Topliss-reactive ketones (excluding diaryl/α,β-unsaturated/α-hetero) is 1. The van der Waals surface area contributed by atoms with E-state index in [-0.39, 0.29) is 23.6 Å². The van der Waals surface area contributed by atoms with Crippen LogP contribution in [-0.4, -0.2) is 30.0 Å². The summed E-state index contributed by atoms with van der Waals surface area (Å²) in [6.07, 6.45) is -2.45. The number of hydrogen-bond acceptors (Lipinski definition) is 2. The van der Waals surface area contributed by atoms with Crippen molar-refractivity contribution in [2.24, 2.45) is 11.8 Å². The molecule has 0 radical (unpaired) electrons. The number of halogens is 3. The minimum Gasteiger partial charge on any atom is -0.350 e. The molecule has 0 aromatic heterocycles. The summed E-state index contributed by atoms with van der Waals surface area (Å²) in [4.78, 5) is 22.1. The van der Waals surface area contributed by atoms with Crippen molar-refractivity contribution < 1.29 is 18.4 Å². The van der Waals surface area contributed by atoms with E-state index in [4.69, 9.17) is 0 Å². The first-order valence-corrected chi connectivity index (χ1v) is 6.15. The van der Waals surface area contributed by atoms with Gasteiger partial charge in [-0.15, -0.1) is 0 Å². The third-order valence-electron chi connectivity index (χ3n) is 2.06. The van der Waals surface area contributed by atoms with E-state index >= 15 is 0 Å². The molecule has 0 bridgehead atoms. The highest BCUT2D eigenvalue weighted by Crippen LogP contribution is 2.13. The third kappa shape index (κ3) is 6.15. The molecule has 1 unspecified atom stereocenters. The second-order valence-corrected chi connectivity index (χ2v) is 4.53. The number of rotatable bonds is 7. The van der Waals surface area contributed by atoms with Crippen LogP contribution in [-0.2, 0) is 9.59 Å². The molecule has 0 aromatic rings. The number of carbonyl (C=O) groups is 2. The van der Waals surface area contributed by atoms with Gasteiger partial charge in [0.25, 0.3) is 5.91 Å². The fourth-order valence-corrected chi connectivity index (χ4v) is 1.77. The zero-order valence-corrected chi connectivity index (χ0v) is 10.9. The second-order valence-electron chi connectivity index (χ2n) is 3.97. The Bertz CT molecular complexity index is 247. The molecule has 1 amide bonds. The molecule has 0 aromatic carbocycles. The fourth-order valence-electron chi connectivity index (χ4n) is 1.31. The molecule has 0 saturated carbocycles. The van der Waals surface area contributed by atoms with Crippen LogP contribution in [0.25, 0.3) is 0 Å². The molecule has 1 N–H and O–H groups in total. The van der Waals surface area contributed by atoms with Crippen molar-refractivity contribution in [2.45, 2.75) is 26.7 Å². The van der Waals surface area contributed by atoms with Crippen LogP contribution >= 0.6 is 15.9 Å². The van der Waals surface area contributed by atoms with Gasteiger partial charge in [0.05, 0.1) is 5.33 Å². The van der Waals surface area contributed by atoms with Gasteiger partial charge in [-0.25, -0.2) is 0 Å². The van der Waals surface area contributed by atoms with Crippen LogP contribution in [0.3, 0.4) is 0 Å². The van der Waals surface area contributed by atoms with Crippen molar-refractivity contribution in [2.75, 3.05) is 11.9 Å². The fraction of sp³-hybridized carbons (Fsp3) is 0.800. The van der Waals surface area contributed by atoms with Crippen LogP contribution in [0.2, 0.25) is 0 Å². The third-order valence-corrected chi connectivity index (χ3v) is 2.62. The Balaban J connectivity index is 4.22. The first kappa shape index (κ1) is 15.5. The van der Waals surface area contributed by atoms with Gasteiger partial charge in [0.2, 0.25) is 0 Å². The van der Waals surface area contributed by atoms with E-state index in [0.29, 0.717) is 6.42 Å². The van der Waals surface area contributed by atoms with Gasteiger partial charge in [-0.2, -0.15) is 8.78 Å². The van der Waals surface area contributed by atoms with Crippen LogP contribution < -0.4 is 5.32 Å². The Kier molecular flexibility index (Phi) is 7.45. The topological polar surface area (TPSA) is 46.2 Å². The van der Waals surface area contributed by atoms with E-state index in [2.05, 4.69) is 21.2 Å². The minimum atomic E-state index is -3.03. The molecule has 16 heavy (non-hydrogen) atoms. The number of alkyl halides is 3. The van der Waals surface area contributed by atoms with Crippen LogP contribution in [0.5, 0.6) is 0 Å². The normalized spacial score (nSPS) is 12.9. The van der Waals surface area contributed by atoms with Gasteiger partial charge >= 0.3 is 6.43 Å². The Morgan fingerprint density at radius 3 is 2.25 bits per heavy atom. The largest absolute Gasteiger partial charge is 0.350 e. The maximum absolute atomic E-state index is 11.9. The predicted molar refractivity (Wildman–Crippen MR) is 60.8 cm³/mol. The zero-order chi connectivity index (χ0) is 12.7. The van der Waals surface area contributed by atoms with Gasteiger partial charge in [0.1, 0.15) is 5.78 Å². The highest BCUT2D eigenvalue weighted by atomic mass is 79.9. The summed E-state index contributed by atoms with van der Waals surface area (Å²) < 4.78 is 23.8. The number of amides is 1. The van der Waals surface area contributed by atoms with Crippen LogP contribution in [0.1, 0.15) is 20.3 Å². The number of carbonyl (C=O) groups excluding carboxylic acids is 2. The standard InChI is InChI=1S/C10H16BrF2NO2/c1-6(2)3-7(8(15)4-11)5-14-10(16)9(12)13/h6-7,9H,3-5H2,1-2H3,(H,14,16). The van der Waals surface area contributed by atoms with Crippen LogP contribution in [0.15, 0.2) is 0 Å². The SMILES string of the molecule is CC(C)CC(CNC(=O)C(F)F)C(=O)CBr. The molecule has 0 spiro atoms. The van der Waals surface area contributed by atoms with Crippen molar-refractivity contribution in [3.63, 3.8) is 0 Å². The van der Waals surface area contributed by atoms with E-state index in [1.807, 2.05) is 13.8 Å². The molecular weight excluding hydrogens is 284 g/mol. The van der Waals surface area contributed by atoms with Gasteiger partial charge in [0, 0.05) is 12.5 Å². The van der Waals surface area contributed by atoms with Gasteiger partial charge in [-0.05, 0) is 12.3 Å². The molecule has 0 aliphatic carbocycles.